The number of carbonyl (C=O) groups is 1. The van der Waals surface area contributed by atoms with Gasteiger partial charge in [-0.3, -0.25) is 4.79 Å². The van der Waals surface area contributed by atoms with Crippen LogP contribution in [0.4, 0.5) is 4.39 Å². The highest BCUT2D eigenvalue weighted by Crippen LogP contribution is 2.47. The molecular formula is C25H22FNO4. The van der Waals surface area contributed by atoms with Gasteiger partial charge in [0.05, 0.1) is 12.3 Å². The summed E-state index contributed by atoms with van der Waals surface area (Å²) >= 11 is 0. The SMILES string of the molecule is CC(C)[C@@H]1Cc2c(cc(-c3cccc(F)c3)c3c2CCO3)-c2cc(=O)c(C(=O)O)cn21. The van der Waals surface area contributed by atoms with Crippen LogP contribution in [0.2, 0.25) is 0 Å². The van der Waals surface area contributed by atoms with Crippen LogP contribution in [0.3, 0.4) is 0 Å². The first-order valence-electron chi connectivity index (χ1n) is 10.4. The van der Waals surface area contributed by atoms with E-state index in [-0.39, 0.29) is 23.3 Å². The molecule has 0 amide bonds. The number of hydrogen-bond acceptors (Lipinski definition) is 3. The van der Waals surface area contributed by atoms with E-state index in [0.717, 1.165) is 40.8 Å². The van der Waals surface area contributed by atoms with E-state index in [1.54, 1.807) is 6.07 Å². The van der Waals surface area contributed by atoms with E-state index < -0.39 is 11.4 Å². The molecule has 6 heteroatoms. The molecule has 2 aliphatic heterocycles. The van der Waals surface area contributed by atoms with Gasteiger partial charge >= 0.3 is 5.97 Å². The third-order valence-electron chi connectivity index (χ3n) is 6.36. The van der Waals surface area contributed by atoms with Crippen LogP contribution in [0.1, 0.15) is 41.4 Å². The van der Waals surface area contributed by atoms with Gasteiger partial charge in [0.1, 0.15) is 17.1 Å². The van der Waals surface area contributed by atoms with E-state index in [1.165, 1.54) is 24.4 Å². The first kappa shape index (κ1) is 19.5. The van der Waals surface area contributed by atoms with Crippen LogP contribution in [0.15, 0.2) is 47.4 Å². The summed E-state index contributed by atoms with van der Waals surface area (Å²) < 4.78 is 21.9. The van der Waals surface area contributed by atoms with Gasteiger partial charge in [0, 0.05) is 41.4 Å². The molecule has 0 radical (unpaired) electrons. The number of carboxylic acids is 1. The van der Waals surface area contributed by atoms with Gasteiger partial charge in [0.2, 0.25) is 0 Å². The van der Waals surface area contributed by atoms with Gasteiger partial charge in [0.25, 0.3) is 0 Å². The lowest BCUT2D eigenvalue weighted by Crippen LogP contribution is -2.28. The van der Waals surface area contributed by atoms with Crippen molar-refractivity contribution in [2.75, 3.05) is 6.61 Å². The molecule has 1 N–H and O–H groups in total. The molecule has 0 unspecified atom stereocenters. The maximum Gasteiger partial charge on any atom is 0.341 e. The number of carboxylic acid groups (broad SMARTS) is 1. The van der Waals surface area contributed by atoms with Crippen LogP contribution in [0.5, 0.6) is 5.75 Å². The summed E-state index contributed by atoms with van der Waals surface area (Å²) in [6, 6.07) is 9.78. The Hall–Kier alpha value is -3.41. The number of fused-ring (bicyclic) bond motifs is 5. The Morgan fingerprint density at radius 2 is 2.00 bits per heavy atom. The topological polar surface area (TPSA) is 68.5 Å². The predicted molar refractivity (Wildman–Crippen MR) is 115 cm³/mol. The molecular weight excluding hydrogens is 397 g/mol. The summed E-state index contributed by atoms with van der Waals surface area (Å²) in [7, 11) is 0. The van der Waals surface area contributed by atoms with E-state index >= 15 is 0 Å². The zero-order valence-corrected chi connectivity index (χ0v) is 17.3. The Labute approximate surface area is 178 Å². The Balaban J connectivity index is 1.82. The fraction of sp³-hybridized carbons (Fsp3) is 0.280. The summed E-state index contributed by atoms with van der Waals surface area (Å²) in [6.45, 7) is 4.75. The van der Waals surface area contributed by atoms with Crippen LogP contribution in [0.25, 0.3) is 22.4 Å². The minimum atomic E-state index is -1.23. The molecule has 2 aliphatic rings. The Morgan fingerprint density at radius 1 is 1.19 bits per heavy atom. The van der Waals surface area contributed by atoms with Crippen molar-refractivity contribution in [2.45, 2.75) is 32.7 Å². The number of aromatic nitrogens is 1. The summed E-state index contributed by atoms with van der Waals surface area (Å²) in [4.78, 5) is 24.2. The molecule has 2 aromatic carbocycles. The molecule has 158 valence electrons. The minimum absolute atomic E-state index is 0.0194. The molecule has 0 fully saturated rings. The van der Waals surface area contributed by atoms with Gasteiger partial charge < -0.3 is 14.4 Å². The Morgan fingerprint density at radius 3 is 2.71 bits per heavy atom. The highest BCUT2D eigenvalue weighted by molar-refractivity contribution is 5.88. The van der Waals surface area contributed by atoms with E-state index in [1.807, 2.05) is 16.7 Å². The highest BCUT2D eigenvalue weighted by Gasteiger charge is 2.33. The zero-order chi connectivity index (χ0) is 21.9. The number of hydrogen-bond donors (Lipinski definition) is 1. The molecule has 5 nitrogen and oxygen atoms in total. The van der Waals surface area contributed by atoms with E-state index in [4.69, 9.17) is 4.74 Å². The number of halogens is 1. The molecule has 0 aliphatic carbocycles. The third-order valence-corrected chi connectivity index (χ3v) is 6.36. The zero-order valence-electron chi connectivity index (χ0n) is 17.3. The molecule has 31 heavy (non-hydrogen) atoms. The van der Waals surface area contributed by atoms with Gasteiger partial charge in [-0.2, -0.15) is 0 Å². The fourth-order valence-corrected chi connectivity index (χ4v) is 4.84. The number of benzene rings is 2. The van der Waals surface area contributed by atoms with Crippen molar-refractivity contribution in [3.8, 4) is 28.1 Å². The largest absolute Gasteiger partial charge is 0.492 e. The molecule has 0 saturated heterocycles. The average Bonchev–Trinajstić information content (AvgIpc) is 3.22. The van der Waals surface area contributed by atoms with E-state index in [9.17, 15) is 19.1 Å². The van der Waals surface area contributed by atoms with Crippen molar-refractivity contribution in [1.82, 2.24) is 4.57 Å². The predicted octanol–water partition coefficient (Wildman–Crippen LogP) is 4.71. The summed E-state index contributed by atoms with van der Waals surface area (Å²) in [5.41, 5.74) is 4.57. The van der Waals surface area contributed by atoms with Crippen LogP contribution in [-0.2, 0) is 12.8 Å². The van der Waals surface area contributed by atoms with Gasteiger partial charge in [-0.05, 0) is 41.7 Å². The number of nitrogens with zero attached hydrogens (tertiary/aromatic N) is 1. The quantitative estimate of drug-likeness (QED) is 0.668. The normalized spacial score (nSPS) is 16.5. The number of aromatic carboxylic acids is 1. The average molecular weight is 419 g/mol. The second kappa shape index (κ2) is 7.08. The van der Waals surface area contributed by atoms with Crippen molar-refractivity contribution in [3.63, 3.8) is 0 Å². The van der Waals surface area contributed by atoms with E-state index in [0.29, 0.717) is 17.9 Å². The van der Waals surface area contributed by atoms with Crippen LogP contribution in [-0.4, -0.2) is 22.2 Å². The highest BCUT2D eigenvalue weighted by atomic mass is 19.1. The molecule has 0 bridgehead atoms. The van der Waals surface area contributed by atoms with Gasteiger partial charge in [0.15, 0.2) is 5.43 Å². The molecule has 5 rings (SSSR count). The molecule has 3 aromatic rings. The maximum absolute atomic E-state index is 14.0. The van der Waals surface area contributed by atoms with Crippen molar-refractivity contribution in [1.29, 1.82) is 0 Å². The third kappa shape index (κ3) is 3.05. The number of ether oxygens (including phenoxy) is 1. The number of pyridine rings is 1. The van der Waals surface area contributed by atoms with Crippen molar-refractivity contribution < 1.29 is 19.0 Å². The molecule has 1 aromatic heterocycles. The number of rotatable bonds is 3. The molecule has 0 saturated carbocycles. The molecule has 0 spiro atoms. The summed E-state index contributed by atoms with van der Waals surface area (Å²) in [5.74, 6) is -0.539. The lowest BCUT2D eigenvalue weighted by Gasteiger charge is -2.34. The Kier molecular flexibility index (Phi) is 4.46. The monoisotopic (exact) mass is 419 g/mol. The van der Waals surface area contributed by atoms with Crippen molar-refractivity contribution in [2.24, 2.45) is 5.92 Å². The second-order valence-electron chi connectivity index (χ2n) is 8.53. The van der Waals surface area contributed by atoms with Crippen LogP contribution < -0.4 is 10.2 Å². The first-order valence-corrected chi connectivity index (χ1v) is 10.4. The van der Waals surface area contributed by atoms with Gasteiger partial charge in [-0.25, -0.2) is 9.18 Å². The minimum Gasteiger partial charge on any atom is -0.492 e. The van der Waals surface area contributed by atoms with Crippen molar-refractivity contribution >= 4 is 5.97 Å². The van der Waals surface area contributed by atoms with E-state index in [2.05, 4.69) is 13.8 Å². The lowest BCUT2D eigenvalue weighted by molar-refractivity contribution is 0.0694. The standard InChI is InChI=1S/C25H22FNO4/c1-13(2)21-10-18-16-6-7-31-24(16)17(14-4-3-5-15(26)8-14)9-19(18)22-11-23(28)20(25(29)30)12-27(21)22/h3-5,8-9,11-13,21H,6-7,10H2,1-2H3,(H,29,30)/t21-/m0/s1. The second-order valence-corrected chi connectivity index (χ2v) is 8.53. The maximum atomic E-state index is 14.0. The lowest BCUT2D eigenvalue weighted by atomic mass is 9.82. The molecule has 1 atom stereocenters. The Bertz CT molecular complexity index is 1290. The van der Waals surface area contributed by atoms with Crippen LogP contribution >= 0.6 is 0 Å². The summed E-state index contributed by atoms with van der Waals surface area (Å²) in [5, 5.41) is 9.47. The van der Waals surface area contributed by atoms with Gasteiger partial charge in [-0.15, -0.1) is 0 Å². The smallest absolute Gasteiger partial charge is 0.341 e. The van der Waals surface area contributed by atoms with Crippen molar-refractivity contribution in [3.05, 3.63) is 75.3 Å². The fourth-order valence-electron chi connectivity index (χ4n) is 4.84. The molecule has 3 heterocycles. The van der Waals surface area contributed by atoms with Gasteiger partial charge in [-0.1, -0.05) is 26.0 Å². The summed E-state index contributed by atoms with van der Waals surface area (Å²) in [6.07, 6.45) is 2.94. The first-order chi connectivity index (χ1) is 14.8. The van der Waals surface area contributed by atoms with Crippen LogP contribution in [0, 0.1) is 11.7 Å².